The van der Waals surface area contributed by atoms with Gasteiger partial charge in [-0.2, -0.15) is 0 Å². The van der Waals surface area contributed by atoms with Crippen LogP contribution in [-0.4, -0.2) is 32.4 Å². The number of anilines is 1. The zero-order valence-corrected chi connectivity index (χ0v) is 18.4. The van der Waals surface area contributed by atoms with Crippen LogP contribution >= 0.6 is 11.6 Å². The summed E-state index contributed by atoms with van der Waals surface area (Å²) in [6.45, 7) is 6.84. The summed E-state index contributed by atoms with van der Waals surface area (Å²) in [7, 11) is 0. The maximum Gasteiger partial charge on any atom is 0.228 e. The number of hydrogen-bond donors (Lipinski definition) is 2. The van der Waals surface area contributed by atoms with Crippen molar-refractivity contribution in [3.05, 3.63) is 29.3 Å². The molecule has 0 bridgehead atoms. The molecular weight excluding hydrogens is 402 g/mol. The number of carbonyl (C=O) groups is 2. The number of nitrogens with one attached hydrogen (secondary N) is 2. The summed E-state index contributed by atoms with van der Waals surface area (Å²) < 4.78 is 2.20. The summed E-state index contributed by atoms with van der Waals surface area (Å²) in [6.07, 6.45) is 7.64. The molecule has 160 valence electrons. The van der Waals surface area contributed by atoms with Crippen molar-refractivity contribution >= 4 is 29.2 Å². The molecule has 30 heavy (non-hydrogen) atoms. The molecule has 3 heterocycles. The lowest BCUT2D eigenvalue weighted by Gasteiger charge is -2.28. The number of nitrogens with zero attached hydrogens (tertiary/aromatic N) is 3. The molecule has 1 fully saturated rings. The maximum absolute atomic E-state index is 12.8. The van der Waals surface area contributed by atoms with E-state index in [1.807, 2.05) is 12.3 Å². The van der Waals surface area contributed by atoms with Gasteiger partial charge in [-0.15, -0.1) is 0 Å². The normalized spacial score (nSPS) is 22.4. The molecule has 0 radical (unpaired) electrons. The van der Waals surface area contributed by atoms with E-state index in [4.69, 9.17) is 11.6 Å². The van der Waals surface area contributed by atoms with Crippen LogP contribution in [0, 0.1) is 11.3 Å². The van der Waals surface area contributed by atoms with Gasteiger partial charge in [-0.05, 0) is 30.7 Å². The third-order valence-electron chi connectivity index (χ3n) is 6.00. The average molecular weight is 430 g/mol. The van der Waals surface area contributed by atoms with Gasteiger partial charge in [-0.1, -0.05) is 31.9 Å². The smallest absolute Gasteiger partial charge is 0.228 e. The first-order valence-corrected chi connectivity index (χ1v) is 10.9. The van der Waals surface area contributed by atoms with Crippen LogP contribution in [0.25, 0.3) is 11.3 Å². The highest BCUT2D eigenvalue weighted by atomic mass is 35.5. The molecule has 2 atom stereocenters. The van der Waals surface area contributed by atoms with E-state index in [0.29, 0.717) is 17.3 Å². The minimum Gasteiger partial charge on any atom is -0.354 e. The van der Waals surface area contributed by atoms with Gasteiger partial charge in [-0.25, -0.2) is 9.97 Å². The minimum absolute atomic E-state index is 0.0541. The SMILES string of the molecule is CC(=O)N[C@@H]1CCC[C@H](C(=O)Nc2cc(-c3cnc4n3CC(C)(C)C4)c(Cl)cn2)C1. The fraction of sp³-hybridized carbons (Fsp3) is 0.545. The molecule has 0 spiro atoms. The second-order valence-corrected chi connectivity index (χ2v) is 9.69. The third kappa shape index (κ3) is 4.36. The highest BCUT2D eigenvalue weighted by molar-refractivity contribution is 6.33. The van der Waals surface area contributed by atoms with Gasteiger partial charge < -0.3 is 15.2 Å². The van der Waals surface area contributed by atoms with E-state index in [-0.39, 0.29) is 29.2 Å². The van der Waals surface area contributed by atoms with Crippen molar-refractivity contribution in [3.63, 3.8) is 0 Å². The van der Waals surface area contributed by atoms with Gasteiger partial charge in [0.15, 0.2) is 0 Å². The van der Waals surface area contributed by atoms with Crippen LogP contribution in [-0.2, 0) is 22.6 Å². The van der Waals surface area contributed by atoms with Crippen LogP contribution in [0.5, 0.6) is 0 Å². The molecule has 0 aromatic carbocycles. The molecule has 2 aromatic heterocycles. The minimum atomic E-state index is -0.142. The van der Waals surface area contributed by atoms with Gasteiger partial charge in [0.05, 0.1) is 16.9 Å². The van der Waals surface area contributed by atoms with Crippen LogP contribution in [0.15, 0.2) is 18.5 Å². The highest BCUT2D eigenvalue weighted by Gasteiger charge is 2.32. The molecule has 1 aliphatic carbocycles. The van der Waals surface area contributed by atoms with Crippen LogP contribution in [0.1, 0.15) is 52.3 Å². The summed E-state index contributed by atoms with van der Waals surface area (Å²) in [6, 6.07) is 1.88. The number of carbonyl (C=O) groups excluding carboxylic acids is 2. The topological polar surface area (TPSA) is 88.9 Å². The number of imidazole rings is 1. The van der Waals surface area contributed by atoms with Crippen molar-refractivity contribution in [1.29, 1.82) is 0 Å². The number of halogens is 1. The van der Waals surface area contributed by atoms with Gasteiger partial charge in [0.2, 0.25) is 11.8 Å². The van der Waals surface area contributed by atoms with Crippen LogP contribution < -0.4 is 10.6 Å². The Morgan fingerprint density at radius 2 is 2.03 bits per heavy atom. The first-order valence-electron chi connectivity index (χ1n) is 10.5. The first-order chi connectivity index (χ1) is 14.2. The van der Waals surface area contributed by atoms with Crippen molar-refractivity contribution < 1.29 is 9.59 Å². The summed E-state index contributed by atoms with van der Waals surface area (Å²) >= 11 is 6.46. The van der Waals surface area contributed by atoms with Crippen LogP contribution in [0.2, 0.25) is 5.02 Å². The van der Waals surface area contributed by atoms with Crippen molar-refractivity contribution in [2.75, 3.05) is 5.32 Å². The molecule has 1 saturated carbocycles. The van der Waals surface area contributed by atoms with E-state index in [1.54, 1.807) is 6.20 Å². The Bertz CT molecular complexity index is 984. The second kappa shape index (κ2) is 8.02. The Balaban J connectivity index is 1.51. The van der Waals surface area contributed by atoms with Gasteiger partial charge in [0.1, 0.15) is 11.6 Å². The molecular formula is C22H28ClN5O2. The standard InChI is InChI=1S/C22H28ClN5O2/c1-13(29)26-15-6-4-5-14(7-15)21(30)27-19-8-16(17(23)10-24-19)18-11-25-20-9-22(2,3)12-28(18)20/h8,10-11,14-15H,4-7,9,12H2,1-3H3,(H,26,29)(H,24,27,30)/t14-,15+/m0/s1. The molecule has 2 aromatic rings. The van der Waals surface area contributed by atoms with Crippen molar-refractivity contribution in [3.8, 4) is 11.3 Å². The van der Waals surface area contributed by atoms with Gasteiger partial charge >= 0.3 is 0 Å². The van der Waals surface area contributed by atoms with Crippen molar-refractivity contribution in [2.24, 2.45) is 11.3 Å². The van der Waals surface area contributed by atoms with E-state index in [1.165, 1.54) is 6.92 Å². The number of hydrogen-bond acceptors (Lipinski definition) is 4. The van der Waals surface area contributed by atoms with Gasteiger partial charge in [0.25, 0.3) is 0 Å². The Kier molecular flexibility index (Phi) is 5.57. The predicted octanol–water partition coefficient (Wildman–Crippen LogP) is 3.81. The van der Waals surface area contributed by atoms with E-state index in [2.05, 4.69) is 39.0 Å². The zero-order chi connectivity index (χ0) is 21.5. The number of fused-ring (bicyclic) bond motifs is 1. The Hall–Kier alpha value is -2.41. The van der Waals surface area contributed by atoms with Crippen LogP contribution in [0.4, 0.5) is 5.82 Å². The third-order valence-corrected chi connectivity index (χ3v) is 6.30. The van der Waals surface area contributed by atoms with E-state index in [9.17, 15) is 9.59 Å². The molecule has 8 heteroatoms. The van der Waals surface area contributed by atoms with E-state index in [0.717, 1.165) is 49.3 Å². The van der Waals surface area contributed by atoms with Crippen molar-refractivity contribution in [1.82, 2.24) is 19.9 Å². The lowest BCUT2D eigenvalue weighted by atomic mass is 9.85. The quantitative estimate of drug-likeness (QED) is 0.773. The number of rotatable bonds is 4. The predicted molar refractivity (Wildman–Crippen MR) is 116 cm³/mol. The number of pyridine rings is 1. The maximum atomic E-state index is 12.8. The molecule has 7 nitrogen and oxygen atoms in total. The van der Waals surface area contributed by atoms with Gasteiger partial charge in [-0.3, -0.25) is 9.59 Å². The number of aromatic nitrogens is 3. The van der Waals surface area contributed by atoms with Gasteiger partial charge in [0, 0.05) is 43.6 Å². The molecule has 4 rings (SSSR count). The Morgan fingerprint density at radius 3 is 2.80 bits per heavy atom. The molecule has 1 aliphatic heterocycles. The van der Waals surface area contributed by atoms with E-state index >= 15 is 0 Å². The molecule has 2 aliphatic rings. The lowest BCUT2D eigenvalue weighted by molar-refractivity contribution is -0.123. The summed E-state index contributed by atoms with van der Waals surface area (Å²) in [5.41, 5.74) is 1.93. The summed E-state index contributed by atoms with van der Waals surface area (Å²) in [5, 5.41) is 6.41. The van der Waals surface area contributed by atoms with E-state index < -0.39 is 0 Å². The van der Waals surface area contributed by atoms with Crippen molar-refractivity contribution in [2.45, 2.75) is 65.5 Å². The fourth-order valence-corrected chi connectivity index (χ4v) is 4.84. The lowest BCUT2D eigenvalue weighted by Crippen LogP contribution is -2.40. The van der Waals surface area contributed by atoms with Crippen LogP contribution in [0.3, 0.4) is 0 Å². The Morgan fingerprint density at radius 1 is 1.23 bits per heavy atom. The Labute approximate surface area is 181 Å². The second-order valence-electron chi connectivity index (χ2n) is 9.29. The molecule has 2 N–H and O–H groups in total. The molecule has 0 saturated heterocycles. The molecule has 2 amide bonds. The summed E-state index contributed by atoms with van der Waals surface area (Å²) in [5.74, 6) is 1.28. The fourth-order valence-electron chi connectivity index (χ4n) is 4.64. The summed E-state index contributed by atoms with van der Waals surface area (Å²) in [4.78, 5) is 33.1. The monoisotopic (exact) mass is 429 g/mol. The highest BCUT2D eigenvalue weighted by Crippen LogP contribution is 2.37. The first kappa shape index (κ1) is 20.8. The number of amides is 2. The molecule has 0 unspecified atom stereocenters. The zero-order valence-electron chi connectivity index (χ0n) is 17.7. The largest absolute Gasteiger partial charge is 0.354 e. The average Bonchev–Trinajstić information content (AvgIpc) is 3.18.